The number of anilines is 1. The van der Waals surface area contributed by atoms with Crippen LogP contribution in [0.4, 0.5) is 5.69 Å². The van der Waals surface area contributed by atoms with Gasteiger partial charge in [0.25, 0.3) is 0 Å². The predicted octanol–water partition coefficient (Wildman–Crippen LogP) is 4.47. The van der Waals surface area contributed by atoms with E-state index in [0.717, 1.165) is 30.2 Å². The standard InChI is InChI=1S/C15H17BrClNO3/c16-10-3-4-12(11(17)7-10)18-13(19)8-15(9-14(20)21)5-1-2-6-15/h3-4,7H,1-2,5-6,8-9H2,(H,18,19)(H,20,21). The number of hydrogen-bond donors (Lipinski definition) is 2. The molecule has 0 unspecified atom stereocenters. The molecule has 1 aliphatic carbocycles. The van der Waals surface area contributed by atoms with Gasteiger partial charge in [0.05, 0.1) is 17.1 Å². The first-order valence-electron chi connectivity index (χ1n) is 6.87. The number of rotatable bonds is 5. The molecule has 1 aliphatic rings. The van der Waals surface area contributed by atoms with Crippen LogP contribution in [0.25, 0.3) is 0 Å². The Hall–Kier alpha value is -1.07. The molecule has 2 rings (SSSR count). The Balaban J connectivity index is 2.04. The van der Waals surface area contributed by atoms with Crippen molar-refractivity contribution in [1.29, 1.82) is 0 Å². The van der Waals surface area contributed by atoms with Crippen LogP contribution in [0.1, 0.15) is 38.5 Å². The maximum atomic E-state index is 12.2. The SMILES string of the molecule is O=C(O)CC1(CC(=O)Nc2ccc(Br)cc2Cl)CCCC1. The molecule has 0 saturated heterocycles. The molecule has 2 N–H and O–H groups in total. The van der Waals surface area contributed by atoms with Crippen LogP contribution in [0.2, 0.25) is 5.02 Å². The first kappa shape index (κ1) is 16.3. The lowest BCUT2D eigenvalue weighted by molar-refractivity contribution is -0.140. The van der Waals surface area contributed by atoms with Crippen LogP contribution < -0.4 is 5.32 Å². The van der Waals surface area contributed by atoms with Crippen molar-refractivity contribution in [2.45, 2.75) is 38.5 Å². The maximum absolute atomic E-state index is 12.2. The van der Waals surface area contributed by atoms with Crippen molar-refractivity contribution in [2.24, 2.45) is 5.41 Å². The summed E-state index contributed by atoms with van der Waals surface area (Å²) in [7, 11) is 0. The molecule has 0 heterocycles. The zero-order valence-electron chi connectivity index (χ0n) is 11.5. The Bertz CT molecular complexity index is 556. The molecule has 0 bridgehead atoms. The molecule has 6 heteroatoms. The van der Waals surface area contributed by atoms with Crippen molar-refractivity contribution in [1.82, 2.24) is 0 Å². The van der Waals surface area contributed by atoms with Gasteiger partial charge in [-0.1, -0.05) is 40.4 Å². The van der Waals surface area contributed by atoms with Gasteiger partial charge in [-0.25, -0.2) is 0 Å². The fourth-order valence-electron chi connectivity index (χ4n) is 2.99. The number of carboxylic acid groups (broad SMARTS) is 1. The van der Waals surface area contributed by atoms with Crippen molar-refractivity contribution in [3.63, 3.8) is 0 Å². The van der Waals surface area contributed by atoms with Gasteiger partial charge in [-0.2, -0.15) is 0 Å². The second-order valence-electron chi connectivity index (χ2n) is 5.63. The monoisotopic (exact) mass is 373 g/mol. The quantitative estimate of drug-likeness (QED) is 0.799. The van der Waals surface area contributed by atoms with E-state index in [4.69, 9.17) is 16.7 Å². The van der Waals surface area contributed by atoms with Crippen LogP contribution in [0.5, 0.6) is 0 Å². The highest BCUT2D eigenvalue weighted by Gasteiger charge is 2.38. The topological polar surface area (TPSA) is 66.4 Å². The molecule has 114 valence electrons. The minimum absolute atomic E-state index is 0.0501. The van der Waals surface area contributed by atoms with Crippen LogP contribution in [0.3, 0.4) is 0 Å². The summed E-state index contributed by atoms with van der Waals surface area (Å²) in [6.07, 6.45) is 3.83. The lowest BCUT2D eigenvalue weighted by Gasteiger charge is -2.26. The van der Waals surface area contributed by atoms with Gasteiger partial charge in [-0.15, -0.1) is 0 Å². The van der Waals surface area contributed by atoms with Crippen molar-refractivity contribution in [3.05, 3.63) is 27.7 Å². The van der Waals surface area contributed by atoms with Gasteiger partial charge in [0.1, 0.15) is 0 Å². The summed E-state index contributed by atoms with van der Waals surface area (Å²) >= 11 is 9.38. The molecule has 0 atom stereocenters. The summed E-state index contributed by atoms with van der Waals surface area (Å²) in [6, 6.07) is 5.23. The van der Waals surface area contributed by atoms with E-state index in [0.29, 0.717) is 10.7 Å². The number of carboxylic acids is 1. The first-order chi connectivity index (χ1) is 9.90. The molecule has 0 aliphatic heterocycles. The highest BCUT2D eigenvalue weighted by molar-refractivity contribution is 9.10. The van der Waals surface area contributed by atoms with E-state index in [1.165, 1.54) is 0 Å². The number of aliphatic carboxylic acids is 1. The van der Waals surface area contributed by atoms with Crippen molar-refractivity contribution in [3.8, 4) is 0 Å². The number of hydrogen-bond acceptors (Lipinski definition) is 2. The van der Waals surface area contributed by atoms with Crippen LogP contribution >= 0.6 is 27.5 Å². The van der Waals surface area contributed by atoms with E-state index < -0.39 is 11.4 Å². The lowest BCUT2D eigenvalue weighted by atomic mass is 9.79. The van der Waals surface area contributed by atoms with Crippen LogP contribution in [0, 0.1) is 5.41 Å². The van der Waals surface area contributed by atoms with Gasteiger partial charge in [0, 0.05) is 10.9 Å². The summed E-state index contributed by atoms with van der Waals surface area (Å²) in [6.45, 7) is 0. The number of nitrogens with one attached hydrogen (secondary N) is 1. The van der Waals surface area contributed by atoms with Gasteiger partial charge in [-0.3, -0.25) is 9.59 Å². The molecule has 1 amide bonds. The molecule has 1 fully saturated rings. The fraction of sp³-hybridized carbons (Fsp3) is 0.467. The van der Waals surface area contributed by atoms with E-state index in [9.17, 15) is 9.59 Å². The molecule has 1 saturated carbocycles. The second kappa shape index (κ2) is 6.79. The van der Waals surface area contributed by atoms with E-state index in [1.807, 2.05) is 0 Å². The summed E-state index contributed by atoms with van der Waals surface area (Å²) in [5.74, 6) is -1.02. The average Bonchev–Trinajstić information content (AvgIpc) is 2.80. The number of benzene rings is 1. The fourth-order valence-corrected chi connectivity index (χ4v) is 3.71. The first-order valence-corrected chi connectivity index (χ1v) is 8.04. The highest BCUT2D eigenvalue weighted by atomic mass is 79.9. The zero-order valence-corrected chi connectivity index (χ0v) is 13.8. The third-order valence-corrected chi connectivity index (χ3v) is 4.74. The Morgan fingerprint density at radius 2 is 1.95 bits per heavy atom. The highest BCUT2D eigenvalue weighted by Crippen LogP contribution is 2.44. The largest absolute Gasteiger partial charge is 0.481 e. The molecule has 0 aromatic heterocycles. The van der Waals surface area contributed by atoms with Gasteiger partial charge in [0.2, 0.25) is 5.91 Å². The molecule has 1 aromatic carbocycles. The Morgan fingerprint density at radius 1 is 1.29 bits per heavy atom. The summed E-state index contributed by atoms with van der Waals surface area (Å²) in [5.41, 5.74) is 0.144. The van der Waals surface area contributed by atoms with Crippen LogP contribution in [0.15, 0.2) is 22.7 Å². The molecular weight excluding hydrogens is 358 g/mol. The normalized spacial score (nSPS) is 16.7. The molecule has 21 heavy (non-hydrogen) atoms. The van der Waals surface area contributed by atoms with E-state index in [-0.39, 0.29) is 18.7 Å². The Labute approximate surface area is 137 Å². The third kappa shape index (κ3) is 4.45. The predicted molar refractivity (Wildman–Crippen MR) is 85.6 cm³/mol. The van der Waals surface area contributed by atoms with Crippen LogP contribution in [-0.2, 0) is 9.59 Å². The number of carbonyl (C=O) groups excluding carboxylic acids is 1. The second-order valence-corrected chi connectivity index (χ2v) is 6.95. The minimum Gasteiger partial charge on any atom is -0.481 e. The maximum Gasteiger partial charge on any atom is 0.303 e. The van der Waals surface area contributed by atoms with Crippen molar-refractivity contribution in [2.75, 3.05) is 5.32 Å². The molecule has 0 radical (unpaired) electrons. The van der Waals surface area contributed by atoms with Gasteiger partial charge in [-0.05, 0) is 36.5 Å². The van der Waals surface area contributed by atoms with Gasteiger partial charge in [0.15, 0.2) is 0 Å². The average molecular weight is 375 g/mol. The molecular formula is C15H17BrClNO3. The van der Waals surface area contributed by atoms with Crippen molar-refractivity contribution >= 4 is 45.1 Å². The summed E-state index contributed by atoms with van der Waals surface area (Å²) in [5, 5.41) is 12.3. The molecule has 1 aromatic rings. The third-order valence-electron chi connectivity index (χ3n) is 3.93. The minimum atomic E-state index is -0.841. The Morgan fingerprint density at radius 3 is 2.52 bits per heavy atom. The Kier molecular flexibility index (Phi) is 5.27. The lowest BCUT2D eigenvalue weighted by Crippen LogP contribution is -2.27. The van der Waals surface area contributed by atoms with Crippen molar-refractivity contribution < 1.29 is 14.7 Å². The summed E-state index contributed by atoms with van der Waals surface area (Å²) < 4.78 is 0.837. The smallest absolute Gasteiger partial charge is 0.303 e. The van der Waals surface area contributed by atoms with E-state index in [1.54, 1.807) is 18.2 Å². The number of halogens is 2. The molecule has 0 spiro atoms. The van der Waals surface area contributed by atoms with Gasteiger partial charge >= 0.3 is 5.97 Å². The number of amides is 1. The summed E-state index contributed by atoms with van der Waals surface area (Å²) in [4.78, 5) is 23.3. The number of carbonyl (C=O) groups is 2. The van der Waals surface area contributed by atoms with E-state index in [2.05, 4.69) is 21.2 Å². The molecule has 4 nitrogen and oxygen atoms in total. The zero-order chi connectivity index (χ0) is 15.5. The van der Waals surface area contributed by atoms with E-state index >= 15 is 0 Å². The van der Waals surface area contributed by atoms with Crippen LogP contribution in [-0.4, -0.2) is 17.0 Å². The van der Waals surface area contributed by atoms with Gasteiger partial charge < -0.3 is 10.4 Å².